The minimum Gasteiger partial charge on any atom is -0.456 e. The smallest absolute Gasteiger partial charge is 0.341 e. The standard InChI is InChI=1S/C13H11FO2S/c1-9-4-5-11(12(14)7-9)13(15)16-8-10-3-2-6-17-10/h2-7H,8H2,1H3. The van der Waals surface area contributed by atoms with Gasteiger partial charge in [0.15, 0.2) is 0 Å². The van der Waals surface area contributed by atoms with Gasteiger partial charge in [-0.05, 0) is 36.1 Å². The van der Waals surface area contributed by atoms with E-state index < -0.39 is 11.8 Å². The number of benzene rings is 1. The molecule has 0 bridgehead atoms. The molecule has 88 valence electrons. The quantitative estimate of drug-likeness (QED) is 0.779. The number of ether oxygens (including phenoxy) is 1. The fourth-order valence-corrected chi connectivity index (χ4v) is 2.01. The van der Waals surface area contributed by atoms with Crippen LogP contribution in [0.1, 0.15) is 20.8 Å². The van der Waals surface area contributed by atoms with Gasteiger partial charge in [-0.25, -0.2) is 9.18 Å². The van der Waals surface area contributed by atoms with Crippen LogP contribution in [0.4, 0.5) is 4.39 Å². The van der Waals surface area contributed by atoms with Gasteiger partial charge in [-0.1, -0.05) is 12.1 Å². The molecule has 0 N–H and O–H groups in total. The van der Waals surface area contributed by atoms with Gasteiger partial charge in [0.25, 0.3) is 0 Å². The third-order valence-electron chi connectivity index (χ3n) is 2.27. The van der Waals surface area contributed by atoms with Crippen molar-refractivity contribution in [2.24, 2.45) is 0 Å². The molecular formula is C13H11FO2S. The summed E-state index contributed by atoms with van der Waals surface area (Å²) in [7, 11) is 0. The summed E-state index contributed by atoms with van der Waals surface area (Å²) >= 11 is 1.50. The van der Waals surface area contributed by atoms with Crippen molar-refractivity contribution < 1.29 is 13.9 Å². The van der Waals surface area contributed by atoms with E-state index in [9.17, 15) is 9.18 Å². The lowest BCUT2D eigenvalue weighted by Gasteiger charge is -2.04. The Kier molecular flexibility index (Phi) is 3.54. The average molecular weight is 250 g/mol. The van der Waals surface area contributed by atoms with Crippen LogP contribution >= 0.6 is 11.3 Å². The van der Waals surface area contributed by atoms with E-state index in [1.54, 1.807) is 13.0 Å². The summed E-state index contributed by atoms with van der Waals surface area (Å²) in [4.78, 5) is 12.6. The van der Waals surface area contributed by atoms with E-state index in [1.807, 2.05) is 17.5 Å². The van der Waals surface area contributed by atoms with E-state index in [-0.39, 0.29) is 12.2 Å². The summed E-state index contributed by atoms with van der Waals surface area (Å²) in [6.07, 6.45) is 0. The maximum atomic E-state index is 13.5. The van der Waals surface area contributed by atoms with Crippen LogP contribution in [0.2, 0.25) is 0 Å². The summed E-state index contributed by atoms with van der Waals surface area (Å²) in [6.45, 7) is 1.95. The summed E-state index contributed by atoms with van der Waals surface area (Å²) in [5, 5.41) is 1.90. The third kappa shape index (κ3) is 2.91. The first-order chi connectivity index (χ1) is 8.16. The largest absolute Gasteiger partial charge is 0.456 e. The molecule has 0 radical (unpaired) electrons. The predicted molar refractivity (Wildman–Crippen MR) is 64.6 cm³/mol. The molecular weight excluding hydrogens is 239 g/mol. The summed E-state index contributed by atoms with van der Waals surface area (Å²) in [6, 6.07) is 8.19. The lowest BCUT2D eigenvalue weighted by atomic mass is 10.1. The van der Waals surface area contributed by atoms with Crippen molar-refractivity contribution in [3.63, 3.8) is 0 Å². The topological polar surface area (TPSA) is 26.3 Å². The van der Waals surface area contributed by atoms with Gasteiger partial charge in [0.1, 0.15) is 12.4 Å². The van der Waals surface area contributed by atoms with Crippen LogP contribution in [-0.4, -0.2) is 5.97 Å². The Balaban J connectivity index is 2.04. The van der Waals surface area contributed by atoms with E-state index in [0.717, 1.165) is 10.4 Å². The molecule has 2 rings (SSSR count). The first-order valence-electron chi connectivity index (χ1n) is 5.12. The van der Waals surface area contributed by atoms with Crippen LogP contribution in [0.15, 0.2) is 35.7 Å². The van der Waals surface area contributed by atoms with Gasteiger partial charge in [0, 0.05) is 4.88 Å². The maximum Gasteiger partial charge on any atom is 0.341 e. The second-order valence-electron chi connectivity index (χ2n) is 3.64. The second kappa shape index (κ2) is 5.10. The molecule has 0 aliphatic carbocycles. The molecule has 0 aliphatic rings. The van der Waals surface area contributed by atoms with Crippen molar-refractivity contribution >= 4 is 17.3 Å². The number of thiophene rings is 1. The van der Waals surface area contributed by atoms with Gasteiger partial charge in [0.05, 0.1) is 5.56 Å². The first-order valence-corrected chi connectivity index (χ1v) is 6.00. The van der Waals surface area contributed by atoms with Gasteiger partial charge in [-0.15, -0.1) is 11.3 Å². The molecule has 0 amide bonds. The number of esters is 1. The summed E-state index contributed by atoms with van der Waals surface area (Å²) < 4.78 is 18.5. The van der Waals surface area contributed by atoms with Crippen LogP contribution in [0.3, 0.4) is 0 Å². The monoisotopic (exact) mass is 250 g/mol. The van der Waals surface area contributed by atoms with Gasteiger partial charge in [-0.2, -0.15) is 0 Å². The van der Waals surface area contributed by atoms with E-state index in [4.69, 9.17) is 4.74 Å². The number of carbonyl (C=O) groups excluding carboxylic acids is 1. The summed E-state index contributed by atoms with van der Waals surface area (Å²) in [5.41, 5.74) is 0.754. The Morgan fingerprint density at radius 2 is 2.24 bits per heavy atom. The van der Waals surface area contributed by atoms with Crippen molar-refractivity contribution in [3.8, 4) is 0 Å². The minimum atomic E-state index is -0.629. The SMILES string of the molecule is Cc1ccc(C(=O)OCc2cccs2)c(F)c1. The molecule has 0 saturated heterocycles. The highest BCUT2D eigenvalue weighted by molar-refractivity contribution is 7.09. The molecule has 0 fully saturated rings. The minimum absolute atomic E-state index is 0.0212. The average Bonchev–Trinajstić information content (AvgIpc) is 2.78. The predicted octanol–water partition coefficient (Wildman–Crippen LogP) is 3.55. The molecule has 17 heavy (non-hydrogen) atoms. The fraction of sp³-hybridized carbons (Fsp3) is 0.154. The highest BCUT2D eigenvalue weighted by atomic mass is 32.1. The van der Waals surface area contributed by atoms with Crippen LogP contribution in [0.25, 0.3) is 0 Å². The summed E-state index contributed by atoms with van der Waals surface area (Å²) in [5.74, 6) is -1.17. The maximum absolute atomic E-state index is 13.5. The van der Waals surface area contributed by atoms with Gasteiger partial charge in [-0.3, -0.25) is 0 Å². The van der Waals surface area contributed by atoms with Crippen LogP contribution in [-0.2, 0) is 11.3 Å². The zero-order valence-electron chi connectivity index (χ0n) is 9.27. The van der Waals surface area contributed by atoms with E-state index in [0.29, 0.717) is 0 Å². The molecule has 0 aliphatic heterocycles. The van der Waals surface area contributed by atoms with Crippen LogP contribution in [0, 0.1) is 12.7 Å². The Morgan fingerprint density at radius 3 is 2.88 bits per heavy atom. The van der Waals surface area contributed by atoms with Gasteiger partial charge < -0.3 is 4.74 Å². The fourth-order valence-electron chi connectivity index (χ4n) is 1.39. The number of hydrogen-bond acceptors (Lipinski definition) is 3. The number of rotatable bonds is 3. The molecule has 2 aromatic rings. The van der Waals surface area contributed by atoms with Crippen molar-refractivity contribution in [2.75, 3.05) is 0 Å². The highest BCUT2D eigenvalue weighted by Gasteiger charge is 2.13. The van der Waals surface area contributed by atoms with Crippen molar-refractivity contribution in [1.82, 2.24) is 0 Å². The van der Waals surface area contributed by atoms with Gasteiger partial charge in [0.2, 0.25) is 0 Å². The number of aryl methyl sites for hydroxylation is 1. The Labute approximate surface area is 103 Å². The Hall–Kier alpha value is -1.68. The van der Waals surface area contributed by atoms with Crippen LogP contribution in [0.5, 0.6) is 0 Å². The molecule has 0 spiro atoms. The normalized spacial score (nSPS) is 10.2. The van der Waals surface area contributed by atoms with Gasteiger partial charge >= 0.3 is 5.97 Å². The van der Waals surface area contributed by atoms with Crippen LogP contribution < -0.4 is 0 Å². The van der Waals surface area contributed by atoms with E-state index in [1.165, 1.54) is 23.5 Å². The lowest BCUT2D eigenvalue weighted by molar-refractivity contribution is 0.0471. The zero-order valence-corrected chi connectivity index (χ0v) is 10.1. The zero-order chi connectivity index (χ0) is 12.3. The Morgan fingerprint density at radius 1 is 1.41 bits per heavy atom. The Bertz CT molecular complexity index is 520. The molecule has 0 saturated carbocycles. The first kappa shape index (κ1) is 11.8. The molecule has 0 unspecified atom stereocenters. The third-order valence-corrected chi connectivity index (χ3v) is 3.12. The van der Waals surface area contributed by atoms with Crippen molar-refractivity contribution in [3.05, 3.63) is 57.5 Å². The molecule has 1 aromatic carbocycles. The van der Waals surface area contributed by atoms with Crippen molar-refractivity contribution in [2.45, 2.75) is 13.5 Å². The second-order valence-corrected chi connectivity index (χ2v) is 4.67. The molecule has 4 heteroatoms. The number of carbonyl (C=O) groups is 1. The highest BCUT2D eigenvalue weighted by Crippen LogP contribution is 2.14. The lowest BCUT2D eigenvalue weighted by Crippen LogP contribution is -2.07. The molecule has 0 atom stereocenters. The molecule has 1 heterocycles. The molecule has 2 nitrogen and oxygen atoms in total. The number of halogens is 1. The van der Waals surface area contributed by atoms with Crippen molar-refractivity contribution in [1.29, 1.82) is 0 Å². The van der Waals surface area contributed by atoms with E-state index in [2.05, 4.69) is 0 Å². The number of hydrogen-bond donors (Lipinski definition) is 0. The molecule has 1 aromatic heterocycles. The van der Waals surface area contributed by atoms with E-state index >= 15 is 0 Å².